The number of anilines is 1. The molecule has 0 spiro atoms. The Morgan fingerprint density at radius 3 is 2.29 bits per heavy atom. The van der Waals surface area contributed by atoms with Crippen LogP contribution in [-0.2, 0) is 0 Å². The van der Waals surface area contributed by atoms with Crippen molar-refractivity contribution in [3.05, 3.63) is 48.6 Å². The maximum atomic E-state index is 4.50. The predicted molar refractivity (Wildman–Crippen MR) is 109 cm³/mol. The summed E-state index contributed by atoms with van der Waals surface area (Å²) in [5.74, 6) is 0.657. The van der Waals surface area contributed by atoms with Gasteiger partial charge in [0.25, 0.3) is 0 Å². The van der Waals surface area contributed by atoms with Crippen LogP contribution in [0.4, 0.5) is 5.69 Å². The smallest absolute Gasteiger partial charge is 0.0445 e. The summed E-state index contributed by atoms with van der Waals surface area (Å²) in [5.41, 5.74) is 5.42. The molecule has 0 aliphatic heterocycles. The molecule has 1 aromatic rings. The molecule has 0 saturated heterocycles. The van der Waals surface area contributed by atoms with Gasteiger partial charge in [0.05, 0.1) is 0 Å². The topological polar surface area (TPSA) is 3.24 Å². The standard InChI is InChI=1S/C23H35N/c1-7-24(17-18(2)23(4,5)6)22-16-12-11-15-21(22)19(3)20-13-9-8-10-14-20/h11-12,15-16,20H,2-3,7-10,13-14,17H2,1,4-6H3. The highest BCUT2D eigenvalue weighted by atomic mass is 15.1. The van der Waals surface area contributed by atoms with Crippen LogP contribution in [0, 0.1) is 11.3 Å². The lowest BCUT2D eigenvalue weighted by Gasteiger charge is -2.33. The molecular formula is C23H35N. The molecule has 0 unspecified atom stereocenters. The van der Waals surface area contributed by atoms with Gasteiger partial charge in [-0.1, -0.05) is 77.0 Å². The molecule has 1 aliphatic carbocycles. The molecule has 24 heavy (non-hydrogen) atoms. The highest BCUT2D eigenvalue weighted by Gasteiger charge is 2.22. The molecule has 0 aromatic heterocycles. The molecule has 0 heterocycles. The second kappa shape index (κ2) is 8.05. The first-order chi connectivity index (χ1) is 11.3. The first-order valence-corrected chi connectivity index (χ1v) is 9.56. The van der Waals surface area contributed by atoms with E-state index in [1.807, 2.05) is 0 Å². The normalized spacial score (nSPS) is 16.0. The van der Waals surface area contributed by atoms with Crippen molar-refractivity contribution in [2.45, 2.75) is 59.8 Å². The first-order valence-electron chi connectivity index (χ1n) is 9.56. The van der Waals surface area contributed by atoms with E-state index in [-0.39, 0.29) is 5.41 Å². The van der Waals surface area contributed by atoms with E-state index in [4.69, 9.17) is 0 Å². The van der Waals surface area contributed by atoms with E-state index in [0.717, 1.165) is 13.1 Å². The Labute approximate surface area is 149 Å². The molecule has 0 atom stereocenters. The van der Waals surface area contributed by atoms with Crippen molar-refractivity contribution in [1.29, 1.82) is 0 Å². The Balaban J connectivity index is 2.25. The van der Waals surface area contributed by atoms with Gasteiger partial charge in [-0.15, -0.1) is 0 Å². The van der Waals surface area contributed by atoms with Crippen molar-refractivity contribution in [1.82, 2.24) is 0 Å². The van der Waals surface area contributed by atoms with Crippen molar-refractivity contribution < 1.29 is 0 Å². The van der Waals surface area contributed by atoms with Crippen LogP contribution in [0.15, 0.2) is 43.0 Å². The molecule has 132 valence electrons. The number of likely N-dealkylation sites (N-methyl/N-ethyl adjacent to an activating group) is 1. The van der Waals surface area contributed by atoms with E-state index in [1.165, 1.54) is 54.5 Å². The van der Waals surface area contributed by atoms with E-state index in [1.54, 1.807) is 0 Å². The second-order valence-electron chi connectivity index (χ2n) is 8.25. The van der Waals surface area contributed by atoms with Gasteiger partial charge >= 0.3 is 0 Å². The van der Waals surface area contributed by atoms with E-state index in [9.17, 15) is 0 Å². The fourth-order valence-corrected chi connectivity index (χ4v) is 3.53. The fraction of sp³-hybridized carbons (Fsp3) is 0.565. The summed E-state index contributed by atoms with van der Waals surface area (Å²) in [6.45, 7) is 19.7. The Bertz CT molecular complexity index is 570. The third-order valence-corrected chi connectivity index (χ3v) is 5.51. The highest BCUT2D eigenvalue weighted by molar-refractivity contribution is 5.77. The lowest BCUT2D eigenvalue weighted by atomic mass is 9.81. The number of rotatable bonds is 6. The van der Waals surface area contributed by atoms with Crippen LogP contribution in [0.2, 0.25) is 0 Å². The third-order valence-electron chi connectivity index (χ3n) is 5.51. The predicted octanol–water partition coefficient (Wildman–Crippen LogP) is 6.71. The van der Waals surface area contributed by atoms with Gasteiger partial charge in [0, 0.05) is 24.3 Å². The molecule has 1 aromatic carbocycles. The lowest BCUT2D eigenvalue weighted by Crippen LogP contribution is -2.30. The Kier molecular flexibility index (Phi) is 6.32. The molecule has 0 radical (unpaired) electrons. The van der Waals surface area contributed by atoms with Gasteiger partial charge in [0.1, 0.15) is 0 Å². The number of benzene rings is 1. The molecule has 0 amide bonds. The van der Waals surface area contributed by atoms with Crippen LogP contribution in [0.5, 0.6) is 0 Å². The number of allylic oxidation sites excluding steroid dienone is 1. The lowest BCUT2D eigenvalue weighted by molar-refractivity contribution is 0.430. The molecule has 0 bridgehead atoms. The zero-order valence-electron chi connectivity index (χ0n) is 16.2. The van der Waals surface area contributed by atoms with Crippen LogP contribution in [0.25, 0.3) is 5.57 Å². The summed E-state index contributed by atoms with van der Waals surface area (Å²) >= 11 is 0. The summed E-state index contributed by atoms with van der Waals surface area (Å²) in [5, 5.41) is 0. The maximum Gasteiger partial charge on any atom is 0.0445 e. The summed E-state index contributed by atoms with van der Waals surface area (Å²) in [7, 11) is 0. The number of nitrogens with zero attached hydrogens (tertiary/aromatic N) is 1. The van der Waals surface area contributed by atoms with Crippen LogP contribution < -0.4 is 4.90 Å². The summed E-state index contributed by atoms with van der Waals surface area (Å²) in [4.78, 5) is 2.46. The molecule has 1 aliphatic rings. The van der Waals surface area contributed by atoms with Gasteiger partial charge in [-0.2, -0.15) is 0 Å². The van der Waals surface area contributed by atoms with E-state index >= 15 is 0 Å². The van der Waals surface area contributed by atoms with Gasteiger partial charge in [-0.05, 0) is 42.7 Å². The van der Waals surface area contributed by atoms with Crippen LogP contribution >= 0.6 is 0 Å². The fourth-order valence-electron chi connectivity index (χ4n) is 3.53. The first kappa shape index (κ1) is 18.8. The number of hydrogen-bond acceptors (Lipinski definition) is 1. The highest BCUT2D eigenvalue weighted by Crippen LogP contribution is 2.38. The average Bonchev–Trinajstić information content (AvgIpc) is 2.58. The number of hydrogen-bond donors (Lipinski definition) is 0. The Morgan fingerprint density at radius 1 is 1.08 bits per heavy atom. The Morgan fingerprint density at radius 2 is 1.71 bits per heavy atom. The minimum Gasteiger partial charge on any atom is -0.367 e. The van der Waals surface area contributed by atoms with Gasteiger partial charge in [0.2, 0.25) is 0 Å². The van der Waals surface area contributed by atoms with Crippen LogP contribution in [-0.4, -0.2) is 13.1 Å². The van der Waals surface area contributed by atoms with E-state index in [2.05, 4.69) is 70.0 Å². The van der Waals surface area contributed by atoms with E-state index in [0.29, 0.717) is 5.92 Å². The van der Waals surface area contributed by atoms with Crippen molar-refractivity contribution >= 4 is 11.3 Å². The summed E-state index contributed by atoms with van der Waals surface area (Å²) in [6, 6.07) is 8.81. The van der Waals surface area contributed by atoms with Crippen molar-refractivity contribution in [3.8, 4) is 0 Å². The third kappa shape index (κ3) is 4.53. The molecule has 1 heteroatoms. The van der Waals surface area contributed by atoms with Gasteiger partial charge in [0.15, 0.2) is 0 Å². The largest absolute Gasteiger partial charge is 0.367 e. The molecule has 1 fully saturated rings. The summed E-state index contributed by atoms with van der Waals surface area (Å²) in [6.07, 6.45) is 6.69. The summed E-state index contributed by atoms with van der Waals surface area (Å²) < 4.78 is 0. The molecule has 1 nitrogen and oxygen atoms in total. The molecule has 0 N–H and O–H groups in total. The maximum absolute atomic E-state index is 4.50. The zero-order valence-corrected chi connectivity index (χ0v) is 16.2. The van der Waals surface area contributed by atoms with Crippen molar-refractivity contribution in [3.63, 3.8) is 0 Å². The van der Waals surface area contributed by atoms with Gasteiger partial charge in [-0.3, -0.25) is 0 Å². The van der Waals surface area contributed by atoms with Crippen molar-refractivity contribution in [2.24, 2.45) is 11.3 Å². The van der Waals surface area contributed by atoms with E-state index < -0.39 is 0 Å². The quantitative estimate of drug-likeness (QED) is 0.525. The van der Waals surface area contributed by atoms with Gasteiger partial charge in [-0.25, -0.2) is 0 Å². The minimum atomic E-state index is 0.142. The van der Waals surface area contributed by atoms with Crippen molar-refractivity contribution in [2.75, 3.05) is 18.0 Å². The zero-order chi connectivity index (χ0) is 17.7. The SMILES string of the molecule is C=C(c1ccccc1N(CC)CC(=C)C(C)(C)C)C1CCCCC1. The van der Waals surface area contributed by atoms with Crippen LogP contribution in [0.1, 0.15) is 65.4 Å². The number of para-hydroxylation sites is 1. The van der Waals surface area contributed by atoms with Crippen LogP contribution in [0.3, 0.4) is 0 Å². The monoisotopic (exact) mass is 325 g/mol. The molecular weight excluding hydrogens is 290 g/mol. The minimum absolute atomic E-state index is 0.142. The average molecular weight is 326 g/mol. The molecule has 2 rings (SSSR count). The second-order valence-corrected chi connectivity index (χ2v) is 8.25. The molecule has 1 saturated carbocycles. The van der Waals surface area contributed by atoms with Gasteiger partial charge < -0.3 is 4.90 Å². The Hall–Kier alpha value is -1.50.